The van der Waals surface area contributed by atoms with Gasteiger partial charge in [0.2, 0.25) is 0 Å². The van der Waals surface area contributed by atoms with Crippen LogP contribution in [0.5, 0.6) is 0 Å². The SMILES string of the molecule is CCCCOC(=O)NS(=O)(=O)c1ccc(C)cc1-c1ccc(Cn2c(CC)nc3c(C)cc(C)nc32)cc1. The third-order valence-electron chi connectivity index (χ3n) is 6.40. The van der Waals surface area contributed by atoms with E-state index in [0.717, 1.165) is 57.8 Å². The number of imidazole rings is 1. The summed E-state index contributed by atoms with van der Waals surface area (Å²) in [6.07, 6.45) is 1.31. The summed E-state index contributed by atoms with van der Waals surface area (Å²) in [4.78, 5) is 21.7. The monoisotopic (exact) mass is 534 g/mol. The standard InChI is InChI=1S/C29H34N4O4S/c1-6-8-15-37-29(34)32-38(35,36)25-14-9-19(3)16-24(25)23-12-10-22(11-13-23)18-33-26(7-2)31-27-20(4)17-21(5)30-28(27)33/h9-14,16-17H,6-8,15,18H2,1-5H3,(H,32,34). The minimum atomic E-state index is -4.13. The quantitative estimate of drug-likeness (QED) is 0.270. The largest absolute Gasteiger partial charge is 0.449 e. The Morgan fingerprint density at radius 3 is 2.42 bits per heavy atom. The molecule has 2 heterocycles. The first-order chi connectivity index (χ1) is 18.1. The van der Waals surface area contributed by atoms with Gasteiger partial charge in [0.25, 0.3) is 10.0 Å². The molecule has 2 aromatic carbocycles. The molecule has 0 atom stereocenters. The van der Waals surface area contributed by atoms with Crippen LogP contribution in [-0.2, 0) is 27.7 Å². The van der Waals surface area contributed by atoms with Gasteiger partial charge in [-0.05, 0) is 56.0 Å². The van der Waals surface area contributed by atoms with E-state index in [1.54, 1.807) is 12.1 Å². The summed E-state index contributed by atoms with van der Waals surface area (Å²) in [5, 5.41) is 0. The highest BCUT2D eigenvalue weighted by Crippen LogP contribution is 2.29. The molecule has 8 nitrogen and oxygen atoms in total. The van der Waals surface area contributed by atoms with Crippen molar-refractivity contribution in [3.05, 3.63) is 76.7 Å². The first-order valence-electron chi connectivity index (χ1n) is 12.9. The zero-order chi connectivity index (χ0) is 27.4. The van der Waals surface area contributed by atoms with E-state index in [4.69, 9.17) is 14.7 Å². The average molecular weight is 535 g/mol. The topological polar surface area (TPSA) is 103 Å². The molecule has 0 aliphatic heterocycles. The number of benzene rings is 2. The van der Waals surface area contributed by atoms with E-state index in [0.29, 0.717) is 18.5 Å². The Hall–Kier alpha value is -3.72. The fourth-order valence-corrected chi connectivity index (χ4v) is 5.57. The molecule has 0 radical (unpaired) electrons. The van der Waals surface area contributed by atoms with Gasteiger partial charge in [0.1, 0.15) is 11.3 Å². The predicted molar refractivity (Wildman–Crippen MR) is 149 cm³/mol. The number of rotatable bonds is 9. The second-order valence-corrected chi connectivity index (χ2v) is 11.2. The third-order valence-corrected chi connectivity index (χ3v) is 7.77. The summed E-state index contributed by atoms with van der Waals surface area (Å²) < 4.78 is 35.3. The molecule has 1 N–H and O–H groups in total. The number of pyridine rings is 1. The summed E-state index contributed by atoms with van der Waals surface area (Å²) in [7, 11) is -4.13. The molecule has 2 aromatic heterocycles. The number of aryl methyl sites for hydroxylation is 4. The lowest BCUT2D eigenvalue weighted by atomic mass is 10.0. The molecule has 0 saturated heterocycles. The molecule has 1 amide bonds. The lowest BCUT2D eigenvalue weighted by Crippen LogP contribution is -2.31. The fraction of sp³-hybridized carbons (Fsp3) is 0.345. The number of ether oxygens (including phenoxy) is 1. The predicted octanol–water partition coefficient (Wildman–Crippen LogP) is 5.85. The smallest absolute Gasteiger partial charge is 0.421 e. The van der Waals surface area contributed by atoms with Crippen molar-refractivity contribution in [1.82, 2.24) is 19.3 Å². The van der Waals surface area contributed by atoms with E-state index < -0.39 is 16.1 Å². The van der Waals surface area contributed by atoms with Crippen molar-refractivity contribution in [1.29, 1.82) is 0 Å². The number of aromatic nitrogens is 3. The number of fused-ring (bicyclic) bond motifs is 1. The zero-order valence-corrected chi connectivity index (χ0v) is 23.4. The van der Waals surface area contributed by atoms with E-state index in [9.17, 15) is 13.2 Å². The van der Waals surface area contributed by atoms with Gasteiger partial charge in [-0.1, -0.05) is 62.2 Å². The summed E-state index contributed by atoms with van der Waals surface area (Å²) in [5.74, 6) is 0.967. The van der Waals surface area contributed by atoms with Crippen LogP contribution in [0.4, 0.5) is 4.79 Å². The number of hydrogen-bond donors (Lipinski definition) is 1. The van der Waals surface area contributed by atoms with Crippen molar-refractivity contribution in [3.8, 4) is 11.1 Å². The van der Waals surface area contributed by atoms with E-state index in [1.807, 2.05) is 55.8 Å². The number of nitrogens with one attached hydrogen (secondary N) is 1. The molecule has 200 valence electrons. The number of sulfonamides is 1. The minimum Gasteiger partial charge on any atom is -0.449 e. The van der Waals surface area contributed by atoms with E-state index in [2.05, 4.69) is 18.4 Å². The van der Waals surface area contributed by atoms with Crippen LogP contribution in [0, 0.1) is 20.8 Å². The molecular weight excluding hydrogens is 500 g/mol. The number of amides is 1. The Kier molecular flexibility index (Phi) is 8.16. The Morgan fingerprint density at radius 2 is 1.74 bits per heavy atom. The van der Waals surface area contributed by atoms with Crippen molar-refractivity contribution in [3.63, 3.8) is 0 Å². The first-order valence-corrected chi connectivity index (χ1v) is 14.3. The Balaban J connectivity index is 1.64. The highest BCUT2D eigenvalue weighted by atomic mass is 32.2. The van der Waals surface area contributed by atoms with Crippen LogP contribution in [0.2, 0.25) is 0 Å². The Morgan fingerprint density at radius 1 is 1.00 bits per heavy atom. The number of carbonyl (C=O) groups excluding carboxylic acids is 1. The number of nitrogens with zero attached hydrogens (tertiary/aromatic N) is 3. The Bertz CT molecular complexity index is 1570. The van der Waals surface area contributed by atoms with Crippen LogP contribution in [0.3, 0.4) is 0 Å². The van der Waals surface area contributed by atoms with Gasteiger partial charge in [-0.2, -0.15) is 0 Å². The molecule has 0 fully saturated rings. The van der Waals surface area contributed by atoms with Crippen molar-refractivity contribution in [2.45, 2.75) is 65.3 Å². The highest BCUT2D eigenvalue weighted by Gasteiger charge is 2.23. The van der Waals surface area contributed by atoms with Crippen LogP contribution >= 0.6 is 0 Å². The van der Waals surface area contributed by atoms with Gasteiger partial charge < -0.3 is 9.30 Å². The van der Waals surface area contributed by atoms with Gasteiger partial charge in [-0.25, -0.2) is 27.9 Å². The maximum Gasteiger partial charge on any atom is 0.421 e. The molecular formula is C29H34N4O4S. The third kappa shape index (κ3) is 5.88. The van der Waals surface area contributed by atoms with Gasteiger partial charge in [-0.15, -0.1) is 0 Å². The van der Waals surface area contributed by atoms with Crippen LogP contribution in [0.25, 0.3) is 22.3 Å². The number of carbonyl (C=O) groups is 1. The molecule has 4 aromatic rings. The maximum atomic E-state index is 13.1. The van der Waals surface area contributed by atoms with Gasteiger partial charge >= 0.3 is 6.09 Å². The average Bonchev–Trinajstić information content (AvgIpc) is 3.21. The molecule has 38 heavy (non-hydrogen) atoms. The van der Waals surface area contributed by atoms with Crippen LogP contribution in [-0.4, -0.2) is 35.7 Å². The number of unbranched alkanes of at least 4 members (excludes halogenated alkanes) is 1. The van der Waals surface area contributed by atoms with Gasteiger partial charge in [0.05, 0.1) is 18.0 Å². The summed E-state index contributed by atoms with van der Waals surface area (Å²) >= 11 is 0. The lowest BCUT2D eigenvalue weighted by molar-refractivity contribution is 0.151. The zero-order valence-electron chi connectivity index (χ0n) is 22.5. The second kappa shape index (κ2) is 11.3. The molecule has 0 bridgehead atoms. The highest BCUT2D eigenvalue weighted by molar-refractivity contribution is 7.90. The maximum absolute atomic E-state index is 13.1. The fourth-order valence-electron chi connectivity index (χ4n) is 4.46. The summed E-state index contributed by atoms with van der Waals surface area (Å²) in [6.45, 7) is 10.7. The van der Waals surface area contributed by atoms with Gasteiger partial charge in [0, 0.05) is 17.7 Å². The van der Waals surface area contributed by atoms with Crippen LogP contribution in [0.1, 0.15) is 54.9 Å². The van der Waals surface area contributed by atoms with Gasteiger partial charge in [-0.3, -0.25) is 0 Å². The van der Waals surface area contributed by atoms with Crippen molar-refractivity contribution < 1.29 is 17.9 Å². The Labute approximate surface area is 224 Å². The van der Waals surface area contributed by atoms with Crippen molar-refractivity contribution in [2.24, 2.45) is 0 Å². The van der Waals surface area contributed by atoms with Crippen LogP contribution < -0.4 is 4.72 Å². The second-order valence-electron chi connectivity index (χ2n) is 9.51. The van der Waals surface area contributed by atoms with Crippen molar-refractivity contribution >= 4 is 27.3 Å². The van der Waals surface area contributed by atoms with E-state index in [1.165, 1.54) is 6.07 Å². The normalized spacial score (nSPS) is 11.6. The molecule has 0 unspecified atom stereocenters. The van der Waals surface area contributed by atoms with E-state index in [-0.39, 0.29) is 11.5 Å². The molecule has 0 aliphatic carbocycles. The van der Waals surface area contributed by atoms with Crippen molar-refractivity contribution in [2.75, 3.05) is 6.61 Å². The minimum absolute atomic E-state index is 0.0207. The molecule has 0 aliphatic rings. The molecule has 0 spiro atoms. The summed E-state index contributed by atoms with van der Waals surface area (Å²) in [6, 6.07) is 14.8. The lowest BCUT2D eigenvalue weighted by Gasteiger charge is -2.14. The molecule has 9 heteroatoms. The summed E-state index contributed by atoms with van der Waals surface area (Å²) in [5.41, 5.74) is 7.03. The number of hydrogen-bond acceptors (Lipinski definition) is 6. The molecule has 0 saturated carbocycles. The molecule has 4 rings (SSSR count). The van der Waals surface area contributed by atoms with Crippen LogP contribution in [0.15, 0.2) is 53.4 Å². The first kappa shape index (κ1) is 27.3. The van der Waals surface area contributed by atoms with E-state index >= 15 is 0 Å². The van der Waals surface area contributed by atoms with Gasteiger partial charge in [0.15, 0.2) is 5.65 Å².